The number of nitrogens with zero attached hydrogens (tertiary/aromatic N) is 2. The van der Waals surface area contributed by atoms with Crippen LogP contribution < -0.4 is 5.32 Å². The highest BCUT2D eigenvalue weighted by atomic mass is 35.5. The van der Waals surface area contributed by atoms with E-state index in [2.05, 4.69) is 22.4 Å². The first-order valence-electron chi connectivity index (χ1n) is 8.51. The lowest BCUT2D eigenvalue weighted by Gasteiger charge is -2.13. The van der Waals surface area contributed by atoms with E-state index in [1.807, 2.05) is 44.2 Å². The van der Waals surface area contributed by atoms with Gasteiger partial charge in [-0.3, -0.25) is 4.79 Å². The molecule has 3 aromatic rings. The lowest BCUT2D eigenvalue weighted by molar-refractivity contribution is -0.119. The van der Waals surface area contributed by atoms with Crippen molar-refractivity contribution in [3.63, 3.8) is 0 Å². The van der Waals surface area contributed by atoms with Gasteiger partial charge in [-0.25, -0.2) is 0 Å². The first kappa shape index (κ1) is 19.5. The Labute approximate surface area is 167 Å². The van der Waals surface area contributed by atoms with Gasteiger partial charge in [0.2, 0.25) is 11.8 Å². The maximum atomic E-state index is 12.2. The summed E-state index contributed by atoms with van der Waals surface area (Å²) in [7, 11) is 0. The third-order valence-corrected chi connectivity index (χ3v) is 5.30. The number of amides is 1. The van der Waals surface area contributed by atoms with Crippen LogP contribution in [-0.4, -0.2) is 21.9 Å². The monoisotopic (exact) mass is 401 g/mol. The molecule has 0 aliphatic rings. The maximum absolute atomic E-state index is 12.2. The fraction of sp³-hybridized carbons (Fsp3) is 0.250. The summed E-state index contributed by atoms with van der Waals surface area (Å²) in [6.07, 6.45) is 0. The molecule has 0 saturated heterocycles. The lowest BCUT2D eigenvalue weighted by Crippen LogP contribution is -2.28. The normalized spacial score (nSPS) is 12.0. The third kappa shape index (κ3) is 5.11. The van der Waals surface area contributed by atoms with Gasteiger partial charge in [-0.1, -0.05) is 41.6 Å². The van der Waals surface area contributed by atoms with Crippen LogP contribution >= 0.6 is 23.4 Å². The smallest absolute Gasteiger partial charge is 0.277 e. The summed E-state index contributed by atoms with van der Waals surface area (Å²) in [5.74, 6) is 0.552. The van der Waals surface area contributed by atoms with E-state index in [1.54, 1.807) is 12.1 Å². The minimum absolute atomic E-state index is 0.103. The Morgan fingerprint density at radius 3 is 2.59 bits per heavy atom. The van der Waals surface area contributed by atoms with Crippen LogP contribution in [-0.2, 0) is 4.79 Å². The number of aryl methyl sites for hydroxylation is 2. The number of nitrogens with one attached hydrogen (secondary N) is 1. The minimum Gasteiger partial charge on any atom is -0.411 e. The van der Waals surface area contributed by atoms with Gasteiger partial charge in [-0.15, -0.1) is 10.2 Å². The van der Waals surface area contributed by atoms with Crippen molar-refractivity contribution in [2.45, 2.75) is 32.0 Å². The molecule has 27 heavy (non-hydrogen) atoms. The molecule has 0 saturated carbocycles. The van der Waals surface area contributed by atoms with Crippen molar-refractivity contribution in [2.75, 3.05) is 5.75 Å². The molecule has 1 heterocycles. The zero-order chi connectivity index (χ0) is 19.4. The van der Waals surface area contributed by atoms with E-state index in [1.165, 1.54) is 17.3 Å². The van der Waals surface area contributed by atoms with Gasteiger partial charge in [-0.05, 0) is 61.7 Å². The molecule has 1 N–H and O–H groups in total. The largest absolute Gasteiger partial charge is 0.411 e. The summed E-state index contributed by atoms with van der Waals surface area (Å²) in [6.45, 7) is 6.02. The molecular formula is C20H20ClN3O2S. The molecule has 2 aromatic carbocycles. The fourth-order valence-corrected chi connectivity index (χ4v) is 3.20. The molecule has 0 aliphatic carbocycles. The molecule has 3 rings (SSSR count). The summed E-state index contributed by atoms with van der Waals surface area (Å²) in [5, 5.41) is 12.1. The van der Waals surface area contributed by atoms with Crippen LogP contribution in [0.5, 0.6) is 0 Å². The number of hydrogen-bond acceptors (Lipinski definition) is 5. The van der Waals surface area contributed by atoms with E-state index in [4.69, 9.17) is 16.0 Å². The summed E-state index contributed by atoms with van der Waals surface area (Å²) in [5.41, 5.74) is 4.24. The number of hydrogen-bond donors (Lipinski definition) is 1. The number of thioether (sulfide) groups is 1. The van der Waals surface area contributed by atoms with Crippen LogP contribution in [0, 0.1) is 13.8 Å². The second kappa shape index (κ2) is 8.59. The number of halogens is 1. The van der Waals surface area contributed by atoms with Crippen LogP contribution in [0.25, 0.3) is 11.5 Å². The molecule has 140 valence electrons. The van der Waals surface area contributed by atoms with E-state index in [0.717, 1.165) is 16.7 Å². The summed E-state index contributed by atoms with van der Waals surface area (Å²) in [4.78, 5) is 12.2. The highest BCUT2D eigenvalue weighted by Gasteiger charge is 2.14. The summed E-state index contributed by atoms with van der Waals surface area (Å²) >= 11 is 7.11. The molecular weight excluding hydrogens is 382 g/mol. The molecule has 1 aromatic heterocycles. The van der Waals surface area contributed by atoms with Gasteiger partial charge >= 0.3 is 0 Å². The van der Waals surface area contributed by atoms with Gasteiger partial charge in [-0.2, -0.15) is 0 Å². The molecule has 1 atom stereocenters. The predicted molar refractivity (Wildman–Crippen MR) is 108 cm³/mol. The van der Waals surface area contributed by atoms with Gasteiger partial charge in [0.05, 0.1) is 11.8 Å². The van der Waals surface area contributed by atoms with Crippen molar-refractivity contribution in [3.05, 3.63) is 64.2 Å². The van der Waals surface area contributed by atoms with Crippen molar-refractivity contribution in [1.82, 2.24) is 15.5 Å². The highest BCUT2D eigenvalue weighted by molar-refractivity contribution is 7.99. The number of carbonyl (C=O) groups is 1. The van der Waals surface area contributed by atoms with E-state index >= 15 is 0 Å². The lowest BCUT2D eigenvalue weighted by atomic mass is 10.1. The highest BCUT2D eigenvalue weighted by Crippen LogP contribution is 2.25. The minimum atomic E-state index is -0.107. The Balaban J connectivity index is 1.55. The quantitative estimate of drug-likeness (QED) is 0.590. The first-order valence-corrected chi connectivity index (χ1v) is 9.87. The van der Waals surface area contributed by atoms with Crippen molar-refractivity contribution in [1.29, 1.82) is 0 Å². The molecule has 5 nitrogen and oxygen atoms in total. The molecule has 0 radical (unpaired) electrons. The second-order valence-corrected chi connectivity index (χ2v) is 7.66. The van der Waals surface area contributed by atoms with Gasteiger partial charge < -0.3 is 9.73 Å². The standard InChI is InChI=1S/C20H20ClN3O2S/c1-12-4-5-16(10-13(12)2)19-23-24-20(26-19)27-11-18(25)22-14(3)15-6-8-17(21)9-7-15/h4-10,14H,11H2,1-3H3,(H,22,25)/t14-/m1/s1. The van der Waals surface area contributed by atoms with E-state index < -0.39 is 0 Å². The van der Waals surface area contributed by atoms with Crippen molar-refractivity contribution < 1.29 is 9.21 Å². The summed E-state index contributed by atoms with van der Waals surface area (Å²) < 4.78 is 5.66. The molecule has 0 aliphatic heterocycles. The number of benzene rings is 2. The number of rotatable bonds is 6. The van der Waals surface area contributed by atoms with Gasteiger partial charge in [0.1, 0.15) is 0 Å². The zero-order valence-corrected chi connectivity index (χ0v) is 16.9. The fourth-order valence-electron chi connectivity index (χ4n) is 2.50. The molecule has 0 fully saturated rings. The summed E-state index contributed by atoms with van der Waals surface area (Å²) in [6, 6.07) is 13.3. The maximum Gasteiger partial charge on any atom is 0.277 e. The Kier molecular flexibility index (Phi) is 6.19. The van der Waals surface area contributed by atoms with Crippen LogP contribution in [0.1, 0.15) is 29.7 Å². The van der Waals surface area contributed by atoms with Crippen LogP contribution in [0.2, 0.25) is 5.02 Å². The van der Waals surface area contributed by atoms with Gasteiger partial charge in [0, 0.05) is 10.6 Å². The molecule has 1 amide bonds. The average molecular weight is 402 g/mol. The van der Waals surface area contributed by atoms with E-state index in [-0.39, 0.29) is 17.7 Å². The molecule has 7 heteroatoms. The van der Waals surface area contributed by atoms with Crippen LogP contribution in [0.15, 0.2) is 52.1 Å². The Morgan fingerprint density at radius 2 is 1.89 bits per heavy atom. The van der Waals surface area contributed by atoms with Crippen molar-refractivity contribution >= 4 is 29.3 Å². The third-order valence-electron chi connectivity index (χ3n) is 4.23. The topological polar surface area (TPSA) is 68.0 Å². The number of aromatic nitrogens is 2. The van der Waals surface area contributed by atoms with Crippen molar-refractivity contribution in [3.8, 4) is 11.5 Å². The number of carbonyl (C=O) groups excluding carboxylic acids is 1. The molecule has 0 bridgehead atoms. The van der Waals surface area contributed by atoms with E-state index in [0.29, 0.717) is 16.1 Å². The van der Waals surface area contributed by atoms with Crippen molar-refractivity contribution in [2.24, 2.45) is 0 Å². The average Bonchev–Trinajstić information content (AvgIpc) is 3.12. The first-order chi connectivity index (χ1) is 12.9. The molecule has 0 spiro atoms. The Hall–Kier alpha value is -2.31. The van der Waals surface area contributed by atoms with Crippen LogP contribution in [0.3, 0.4) is 0 Å². The Bertz CT molecular complexity index is 941. The molecule has 0 unspecified atom stereocenters. The Morgan fingerprint density at radius 1 is 1.15 bits per heavy atom. The predicted octanol–water partition coefficient (Wildman–Crippen LogP) is 4.98. The second-order valence-electron chi connectivity index (χ2n) is 6.30. The SMILES string of the molecule is Cc1ccc(-c2nnc(SCC(=O)N[C@H](C)c3ccc(Cl)cc3)o2)cc1C. The van der Waals surface area contributed by atoms with E-state index in [9.17, 15) is 4.79 Å². The zero-order valence-electron chi connectivity index (χ0n) is 15.3. The van der Waals surface area contributed by atoms with Crippen LogP contribution in [0.4, 0.5) is 0 Å². The van der Waals surface area contributed by atoms with Gasteiger partial charge in [0.25, 0.3) is 5.22 Å². The van der Waals surface area contributed by atoms with Gasteiger partial charge in [0.15, 0.2) is 0 Å².